The molecule has 11 heteroatoms. The molecule has 0 radical (unpaired) electrons. The van der Waals surface area contributed by atoms with E-state index in [-0.39, 0.29) is 30.2 Å². The molecule has 0 aliphatic rings. The van der Waals surface area contributed by atoms with Gasteiger partial charge in [-0.3, -0.25) is 18.7 Å². The van der Waals surface area contributed by atoms with E-state index in [1.165, 1.54) is 4.57 Å². The molecule has 4 rings (SSSR count). The van der Waals surface area contributed by atoms with E-state index in [4.69, 9.17) is 5.73 Å². The summed E-state index contributed by atoms with van der Waals surface area (Å²) in [4.78, 5) is 39.2. The minimum Gasteiger partial charge on any atom is -0.384 e. The normalized spacial score (nSPS) is 11.1. The first-order valence-electron chi connectivity index (χ1n) is 11.0. The number of hydrogen-bond acceptors (Lipinski definition) is 8. The predicted octanol–water partition coefficient (Wildman–Crippen LogP) is 2.23. The molecule has 2 heterocycles. The first-order chi connectivity index (χ1) is 16.8. The second-order valence-corrected chi connectivity index (χ2v) is 8.91. The van der Waals surface area contributed by atoms with Crippen molar-refractivity contribution < 1.29 is 4.79 Å². The molecule has 2 aromatic carbocycles. The van der Waals surface area contributed by atoms with Gasteiger partial charge in [-0.05, 0) is 54.0 Å². The fourth-order valence-corrected chi connectivity index (χ4v) is 4.52. The van der Waals surface area contributed by atoms with Crippen LogP contribution in [-0.4, -0.2) is 40.9 Å². The smallest absolute Gasteiger partial charge is 0.332 e. The van der Waals surface area contributed by atoms with Gasteiger partial charge in [-0.1, -0.05) is 54.2 Å². The number of hydrogen-bond donors (Lipinski definition) is 1. The van der Waals surface area contributed by atoms with Crippen LogP contribution in [0.15, 0.2) is 63.3 Å². The third kappa shape index (κ3) is 4.67. The average Bonchev–Trinajstić information content (AvgIpc) is 3.31. The third-order valence-electron chi connectivity index (χ3n) is 5.82. The molecule has 0 bridgehead atoms. The standard InChI is InChI=1S/C24H25N7O3S/c1-4-29-22(33)20(21(25)30(24(29)34)13-17-10-6-5-7-11-17)19(32)14-35-23-26-27-28-31(23)18-12-8-9-15(2)16(18)3/h5-12H,4,13-14,25H2,1-3H3. The Labute approximate surface area is 205 Å². The van der Waals surface area contributed by atoms with Crippen LogP contribution >= 0.6 is 11.8 Å². The molecule has 35 heavy (non-hydrogen) atoms. The van der Waals surface area contributed by atoms with Crippen LogP contribution in [0.2, 0.25) is 0 Å². The summed E-state index contributed by atoms with van der Waals surface area (Å²) >= 11 is 1.10. The van der Waals surface area contributed by atoms with E-state index in [0.717, 1.165) is 38.7 Å². The average molecular weight is 492 g/mol. The maximum atomic E-state index is 13.2. The van der Waals surface area contributed by atoms with Crippen molar-refractivity contribution in [3.63, 3.8) is 0 Å². The van der Waals surface area contributed by atoms with Crippen LogP contribution in [0.5, 0.6) is 0 Å². The summed E-state index contributed by atoms with van der Waals surface area (Å²) in [5.41, 5.74) is 8.50. The lowest BCUT2D eigenvalue weighted by Crippen LogP contribution is -2.44. The van der Waals surface area contributed by atoms with Gasteiger partial charge in [-0.25, -0.2) is 4.79 Å². The summed E-state index contributed by atoms with van der Waals surface area (Å²) in [7, 11) is 0. The molecule has 0 atom stereocenters. The molecule has 0 aliphatic heterocycles. The first-order valence-corrected chi connectivity index (χ1v) is 12.0. The number of ketones is 1. The molecule has 0 saturated heterocycles. The second kappa shape index (κ2) is 10.1. The van der Waals surface area contributed by atoms with E-state index in [2.05, 4.69) is 15.5 Å². The molecule has 0 saturated carbocycles. The molecule has 180 valence electrons. The summed E-state index contributed by atoms with van der Waals surface area (Å²) in [5.74, 6) is -0.775. The minimum atomic E-state index is -0.695. The van der Waals surface area contributed by atoms with Gasteiger partial charge in [-0.2, -0.15) is 4.68 Å². The van der Waals surface area contributed by atoms with Crippen molar-refractivity contribution >= 4 is 23.4 Å². The second-order valence-electron chi connectivity index (χ2n) is 7.97. The van der Waals surface area contributed by atoms with Crippen molar-refractivity contribution in [2.45, 2.75) is 39.0 Å². The third-order valence-corrected chi connectivity index (χ3v) is 6.74. The zero-order valence-corrected chi connectivity index (χ0v) is 20.5. The number of nitrogens with two attached hydrogens (primary N) is 1. The number of carbonyl (C=O) groups excluding carboxylic acids is 1. The number of nitrogens with zero attached hydrogens (tertiary/aromatic N) is 6. The van der Waals surface area contributed by atoms with Crippen LogP contribution < -0.4 is 17.0 Å². The Hall–Kier alpha value is -3.99. The number of thioether (sulfide) groups is 1. The van der Waals surface area contributed by atoms with Gasteiger partial charge in [0.15, 0.2) is 5.78 Å². The fraction of sp³-hybridized carbons (Fsp3) is 0.250. The number of rotatable bonds is 8. The fourth-order valence-electron chi connectivity index (χ4n) is 3.76. The monoisotopic (exact) mass is 491 g/mol. The zero-order chi connectivity index (χ0) is 25.1. The highest BCUT2D eigenvalue weighted by Crippen LogP contribution is 2.23. The molecule has 0 spiro atoms. The topological polar surface area (TPSA) is 131 Å². The Kier molecular flexibility index (Phi) is 6.97. The number of benzene rings is 2. The highest BCUT2D eigenvalue weighted by atomic mass is 32.2. The van der Waals surface area contributed by atoms with Crippen LogP contribution in [0.4, 0.5) is 5.82 Å². The van der Waals surface area contributed by atoms with Crippen molar-refractivity contribution in [1.82, 2.24) is 29.3 Å². The molecule has 0 aliphatic carbocycles. The molecule has 0 fully saturated rings. The van der Waals surface area contributed by atoms with Gasteiger partial charge in [0.25, 0.3) is 5.56 Å². The van der Waals surface area contributed by atoms with Gasteiger partial charge in [0, 0.05) is 6.54 Å². The Bertz CT molecular complexity index is 1510. The van der Waals surface area contributed by atoms with Crippen molar-refractivity contribution in [3.05, 3.63) is 91.6 Å². The van der Waals surface area contributed by atoms with E-state index < -0.39 is 17.0 Å². The van der Waals surface area contributed by atoms with E-state index >= 15 is 0 Å². The Morgan fingerprint density at radius 1 is 1.03 bits per heavy atom. The molecule has 0 amide bonds. The SMILES string of the molecule is CCn1c(=O)c(C(=O)CSc2nnnn2-c2cccc(C)c2C)c(N)n(Cc2ccccc2)c1=O. The minimum absolute atomic E-state index is 0.116. The van der Waals surface area contributed by atoms with Gasteiger partial charge in [0.1, 0.15) is 11.4 Å². The zero-order valence-electron chi connectivity index (χ0n) is 19.6. The van der Waals surface area contributed by atoms with Crippen molar-refractivity contribution in [2.24, 2.45) is 0 Å². The van der Waals surface area contributed by atoms with E-state index in [1.807, 2.05) is 62.4 Å². The number of aromatic nitrogens is 6. The van der Waals surface area contributed by atoms with Crippen LogP contribution in [0.3, 0.4) is 0 Å². The van der Waals surface area contributed by atoms with Gasteiger partial charge in [0.05, 0.1) is 18.0 Å². The highest BCUT2D eigenvalue weighted by molar-refractivity contribution is 7.99. The number of anilines is 1. The van der Waals surface area contributed by atoms with Crippen LogP contribution in [-0.2, 0) is 13.1 Å². The number of aryl methyl sites for hydroxylation is 1. The first kappa shape index (κ1) is 24.1. The van der Waals surface area contributed by atoms with Crippen LogP contribution in [0, 0.1) is 13.8 Å². The number of tetrazole rings is 1. The summed E-state index contributed by atoms with van der Waals surface area (Å²) in [6.45, 7) is 5.89. The molecule has 4 aromatic rings. The van der Waals surface area contributed by atoms with Gasteiger partial charge >= 0.3 is 5.69 Å². The van der Waals surface area contributed by atoms with Crippen molar-refractivity contribution in [1.29, 1.82) is 0 Å². The van der Waals surface area contributed by atoms with Crippen LogP contribution in [0.1, 0.15) is 34.0 Å². The van der Waals surface area contributed by atoms with E-state index in [1.54, 1.807) is 11.6 Å². The number of nitrogen functional groups attached to an aromatic ring is 1. The summed E-state index contributed by atoms with van der Waals surface area (Å²) in [6, 6.07) is 15.0. The molecular formula is C24H25N7O3S. The molecular weight excluding hydrogens is 466 g/mol. The molecule has 10 nitrogen and oxygen atoms in total. The predicted molar refractivity (Wildman–Crippen MR) is 134 cm³/mol. The van der Waals surface area contributed by atoms with E-state index in [0.29, 0.717) is 5.16 Å². The van der Waals surface area contributed by atoms with Gasteiger partial charge in [0.2, 0.25) is 5.16 Å². The van der Waals surface area contributed by atoms with Crippen molar-refractivity contribution in [3.8, 4) is 5.69 Å². The molecule has 2 N–H and O–H groups in total. The maximum absolute atomic E-state index is 13.2. The van der Waals surface area contributed by atoms with Gasteiger partial charge < -0.3 is 5.73 Å². The summed E-state index contributed by atoms with van der Waals surface area (Å²) in [5, 5.41) is 12.3. The molecule has 0 unspecified atom stereocenters. The highest BCUT2D eigenvalue weighted by Gasteiger charge is 2.23. The van der Waals surface area contributed by atoms with Crippen LogP contribution in [0.25, 0.3) is 5.69 Å². The Balaban J connectivity index is 1.67. The maximum Gasteiger partial charge on any atom is 0.332 e. The largest absolute Gasteiger partial charge is 0.384 e. The summed E-state index contributed by atoms with van der Waals surface area (Å²) < 4.78 is 3.85. The lowest BCUT2D eigenvalue weighted by atomic mass is 10.1. The van der Waals surface area contributed by atoms with E-state index in [9.17, 15) is 14.4 Å². The van der Waals surface area contributed by atoms with Crippen molar-refractivity contribution in [2.75, 3.05) is 11.5 Å². The lowest BCUT2D eigenvalue weighted by molar-refractivity contribution is 0.102. The number of carbonyl (C=O) groups is 1. The quantitative estimate of drug-likeness (QED) is 0.293. The number of Topliss-reactive ketones (excluding diaryl/α,β-unsaturated/α-hetero) is 1. The summed E-state index contributed by atoms with van der Waals surface area (Å²) in [6.07, 6.45) is 0. The Morgan fingerprint density at radius 2 is 1.77 bits per heavy atom. The van der Waals surface area contributed by atoms with Gasteiger partial charge in [-0.15, -0.1) is 5.10 Å². The lowest BCUT2D eigenvalue weighted by Gasteiger charge is -2.15. The molecule has 2 aromatic heterocycles. The Morgan fingerprint density at radius 3 is 2.49 bits per heavy atom.